The van der Waals surface area contributed by atoms with Gasteiger partial charge in [0.05, 0.1) is 8.93 Å². The lowest BCUT2D eigenvalue weighted by molar-refractivity contribution is 0.878. The van der Waals surface area contributed by atoms with Crippen molar-refractivity contribution < 1.29 is 0 Å². The number of halogens is 1. The first-order valence-corrected chi connectivity index (χ1v) is 8.68. The van der Waals surface area contributed by atoms with E-state index >= 15 is 0 Å². The predicted molar refractivity (Wildman–Crippen MR) is 98.9 cm³/mol. The zero-order valence-electron chi connectivity index (χ0n) is 11.1. The molecule has 0 saturated heterocycles. The Bertz CT molecular complexity index is 938. The van der Waals surface area contributed by atoms with E-state index in [9.17, 15) is 0 Å². The van der Waals surface area contributed by atoms with E-state index in [0.717, 1.165) is 11.1 Å². The highest BCUT2D eigenvalue weighted by molar-refractivity contribution is 14.1. The molecule has 0 spiro atoms. The van der Waals surface area contributed by atoms with Gasteiger partial charge in [-0.25, -0.2) is 0 Å². The summed E-state index contributed by atoms with van der Waals surface area (Å²) in [4.78, 5) is 3.45. The van der Waals surface area contributed by atoms with Crippen molar-refractivity contribution in [2.75, 3.05) is 0 Å². The number of thiophene rings is 1. The molecule has 0 aliphatic carbocycles. The van der Waals surface area contributed by atoms with E-state index in [1.54, 1.807) is 11.3 Å². The number of hydrogen-bond acceptors (Lipinski definition) is 2. The molecule has 2 heterocycles. The second-order valence-corrected chi connectivity index (χ2v) is 7.94. The average Bonchev–Trinajstić information content (AvgIpc) is 3.09. The monoisotopic (exact) mass is 404 g/mol. The molecular weight excluding hydrogens is 391 g/mol. The smallest absolute Gasteiger partial charge is 0.0656 e. The second-order valence-electron chi connectivity index (χ2n) is 5.14. The highest BCUT2D eigenvalue weighted by Crippen LogP contribution is 2.30. The van der Waals surface area contributed by atoms with Gasteiger partial charge in [0.25, 0.3) is 0 Å². The molecule has 4 rings (SSSR count). The molecule has 0 aliphatic rings. The van der Waals surface area contributed by atoms with Gasteiger partial charge in [0.2, 0.25) is 0 Å². The number of hydrogen-bond donors (Lipinski definition) is 2. The quantitative estimate of drug-likeness (QED) is 0.452. The predicted octanol–water partition coefficient (Wildman–Crippen LogP) is 5.04. The minimum atomic E-state index is -0.0668. The average molecular weight is 404 g/mol. The Hall–Kier alpha value is -1.37. The third-order valence-electron chi connectivity index (χ3n) is 3.84. The Morgan fingerprint density at radius 1 is 0.952 bits per heavy atom. The van der Waals surface area contributed by atoms with Crippen LogP contribution in [0.25, 0.3) is 21.8 Å². The summed E-state index contributed by atoms with van der Waals surface area (Å²) in [5.74, 6) is 0. The Balaban J connectivity index is 1.88. The number of benzene rings is 2. The summed E-state index contributed by atoms with van der Waals surface area (Å²) in [5.41, 5.74) is 11.1. The summed E-state index contributed by atoms with van der Waals surface area (Å²) in [6.07, 6.45) is 0. The number of aromatic nitrogens is 1. The maximum atomic E-state index is 6.43. The minimum absolute atomic E-state index is 0.0668. The van der Waals surface area contributed by atoms with Gasteiger partial charge < -0.3 is 10.7 Å². The summed E-state index contributed by atoms with van der Waals surface area (Å²) in [6, 6.07) is 16.9. The van der Waals surface area contributed by atoms with Gasteiger partial charge in [0, 0.05) is 21.8 Å². The van der Waals surface area contributed by atoms with Crippen LogP contribution in [0.4, 0.5) is 0 Å². The van der Waals surface area contributed by atoms with E-state index in [4.69, 9.17) is 5.73 Å². The number of para-hydroxylation sites is 1. The zero-order chi connectivity index (χ0) is 14.4. The third kappa shape index (κ3) is 2.27. The van der Waals surface area contributed by atoms with Gasteiger partial charge in [-0.3, -0.25) is 0 Å². The first kappa shape index (κ1) is 13.3. The van der Waals surface area contributed by atoms with Crippen LogP contribution < -0.4 is 5.73 Å². The van der Waals surface area contributed by atoms with Crippen molar-refractivity contribution in [3.8, 4) is 0 Å². The van der Waals surface area contributed by atoms with Gasteiger partial charge >= 0.3 is 0 Å². The van der Waals surface area contributed by atoms with Crippen LogP contribution in [0.15, 0.2) is 53.9 Å². The lowest BCUT2D eigenvalue weighted by atomic mass is 10.00. The largest absolute Gasteiger partial charge is 0.355 e. The summed E-state index contributed by atoms with van der Waals surface area (Å²) in [5, 5.41) is 4.64. The highest BCUT2D eigenvalue weighted by Gasteiger charge is 2.12. The van der Waals surface area contributed by atoms with Gasteiger partial charge in [0.1, 0.15) is 0 Å². The van der Waals surface area contributed by atoms with Crippen LogP contribution in [0.3, 0.4) is 0 Å². The molecule has 0 aliphatic heterocycles. The molecule has 2 aromatic heterocycles. The topological polar surface area (TPSA) is 41.8 Å². The summed E-state index contributed by atoms with van der Waals surface area (Å²) < 4.78 is 1.27. The van der Waals surface area contributed by atoms with Crippen molar-refractivity contribution in [2.24, 2.45) is 5.73 Å². The standard InChI is InChI=1S/C17H13IN2S/c18-16-8-11(9-21-16)17(19)10-5-6-15-13(7-10)12-3-1-2-4-14(12)20-15/h1-9,17,20H,19H2. The van der Waals surface area contributed by atoms with Gasteiger partial charge in [-0.2, -0.15) is 0 Å². The van der Waals surface area contributed by atoms with Crippen LogP contribution in [0, 0.1) is 2.88 Å². The number of fused-ring (bicyclic) bond motifs is 3. The molecule has 0 fully saturated rings. The van der Waals surface area contributed by atoms with E-state index < -0.39 is 0 Å². The lowest BCUT2D eigenvalue weighted by Crippen LogP contribution is -2.10. The van der Waals surface area contributed by atoms with E-state index in [0.29, 0.717) is 0 Å². The van der Waals surface area contributed by atoms with Crippen LogP contribution in [0.5, 0.6) is 0 Å². The van der Waals surface area contributed by atoms with Crippen molar-refractivity contribution in [3.63, 3.8) is 0 Å². The van der Waals surface area contributed by atoms with Crippen molar-refractivity contribution in [2.45, 2.75) is 6.04 Å². The molecule has 3 N–H and O–H groups in total. The van der Waals surface area contributed by atoms with Gasteiger partial charge in [-0.05, 0) is 63.4 Å². The molecule has 104 valence electrons. The van der Waals surface area contributed by atoms with Crippen molar-refractivity contribution in [3.05, 3.63) is 67.9 Å². The Morgan fingerprint density at radius 3 is 2.57 bits per heavy atom. The number of nitrogens with two attached hydrogens (primary N) is 1. The zero-order valence-corrected chi connectivity index (χ0v) is 14.1. The molecule has 0 bridgehead atoms. The van der Waals surface area contributed by atoms with Crippen LogP contribution in [-0.4, -0.2) is 4.98 Å². The summed E-state index contributed by atoms with van der Waals surface area (Å²) in [7, 11) is 0. The molecule has 2 aromatic carbocycles. The number of rotatable bonds is 2. The maximum Gasteiger partial charge on any atom is 0.0656 e. The molecule has 4 aromatic rings. The Labute approximate surface area is 140 Å². The molecular formula is C17H13IN2S. The Morgan fingerprint density at radius 2 is 1.76 bits per heavy atom. The molecule has 1 atom stereocenters. The molecule has 0 radical (unpaired) electrons. The fourth-order valence-corrected chi connectivity index (χ4v) is 4.15. The fourth-order valence-electron chi connectivity index (χ4n) is 2.74. The second kappa shape index (κ2) is 5.12. The van der Waals surface area contributed by atoms with Crippen molar-refractivity contribution in [1.29, 1.82) is 0 Å². The normalized spacial score (nSPS) is 13.0. The molecule has 4 heteroatoms. The molecule has 1 unspecified atom stereocenters. The molecule has 0 amide bonds. The van der Waals surface area contributed by atoms with Crippen molar-refractivity contribution in [1.82, 2.24) is 4.98 Å². The van der Waals surface area contributed by atoms with Gasteiger partial charge in [-0.1, -0.05) is 24.3 Å². The highest BCUT2D eigenvalue weighted by atomic mass is 127. The van der Waals surface area contributed by atoms with E-state index in [1.807, 2.05) is 0 Å². The van der Waals surface area contributed by atoms with Gasteiger partial charge in [-0.15, -0.1) is 11.3 Å². The number of nitrogens with one attached hydrogen (secondary N) is 1. The lowest BCUT2D eigenvalue weighted by Gasteiger charge is -2.10. The Kier molecular flexibility index (Phi) is 3.24. The van der Waals surface area contributed by atoms with E-state index in [2.05, 4.69) is 81.5 Å². The molecule has 2 nitrogen and oxygen atoms in total. The van der Waals surface area contributed by atoms with E-state index in [-0.39, 0.29) is 6.04 Å². The van der Waals surface area contributed by atoms with Crippen LogP contribution in [0.1, 0.15) is 17.2 Å². The number of H-pyrrole nitrogens is 1. The first-order chi connectivity index (χ1) is 10.2. The molecule has 0 saturated carbocycles. The van der Waals surface area contributed by atoms with Crippen molar-refractivity contribution >= 4 is 55.7 Å². The number of aromatic amines is 1. The molecule has 21 heavy (non-hydrogen) atoms. The minimum Gasteiger partial charge on any atom is -0.355 e. The third-order valence-corrected chi connectivity index (χ3v) is 5.64. The van der Waals surface area contributed by atoms with Crippen LogP contribution >= 0.6 is 33.9 Å². The SMILES string of the molecule is NC(c1csc(I)c1)c1ccc2[nH]c3ccccc3c2c1. The van der Waals surface area contributed by atoms with E-state index in [1.165, 1.54) is 24.7 Å². The first-order valence-electron chi connectivity index (χ1n) is 6.72. The summed E-state index contributed by atoms with van der Waals surface area (Å²) in [6.45, 7) is 0. The van der Waals surface area contributed by atoms with Crippen LogP contribution in [-0.2, 0) is 0 Å². The fraction of sp³-hybridized carbons (Fsp3) is 0.0588. The maximum absolute atomic E-state index is 6.43. The van der Waals surface area contributed by atoms with Gasteiger partial charge in [0.15, 0.2) is 0 Å². The summed E-state index contributed by atoms with van der Waals surface area (Å²) >= 11 is 4.07. The van der Waals surface area contributed by atoms with Crippen LogP contribution in [0.2, 0.25) is 0 Å².